The molecule has 2 rings (SSSR count). The summed E-state index contributed by atoms with van der Waals surface area (Å²) in [7, 11) is 1.39. The molecule has 6 heteroatoms. The lowest BCUT2D eigenvalue weighted by Gasteiger charge is -2.12. The molecule has 1 aromatic heterocycles. The van der Waals surface area contributed by atoms with Gasteiger partial charge in [-0.25, -0.2) is 4.98 Å². The molecule has 0 unspecified atom stereocenters. The zero-order valence-corrected chi connectivity index (χ0v) is 10.9. The van der Waals surface area contributed by atoms with Crippen LogP contribution < -0.4 is 10.1 Å². The van der Waals surface area contributed by atoms with Crippen molar-refractivity contribution in [3.8, 4) is 5.75 Å². The average Bonchev–Trinajstić information content (AvgIpc) is 2.76. The van der Waals surface area contributed by atoms with E-state index in [2.05, 4.69) is 31.0 Å². The number of hydrogen-bond acceptors (Lipinski definition) is 5. The predicted octanol–water partition coefficient (Wildman–Crippen LogP) is 1.13. The number of pyridine rings is 1. The summed E-state index contributed by atoms with van der Waals surface area (Å²) in [6, 6.07) is 3.32. The third kappa shape index (κ3) is 3.17. The lowest BCUT2D eigenvalue weighted by molar-refractivity contribution is -0.142. The van der Waals surface area contributed by atoms with Gasteiger partial charge in [-0.1, -0.05) is 0 Å². The Morgan fingerprint density at radius 3 is 3.18 bits per heavy atom. The fraction of sp³-hybridized carbons (Fsp3) is 0.455. The summed E-state index contributed by atoms with van der Waals surface area (Å²) in [5, 5.41) is 3.07. The summed E-state index contributed by atoms with van der Waals surface area (Å²) < 4.78 is 11.1. The van der Waals surface area contributed by atoms with Crippen molar-refractivity contribution in [3.05, 3.63) is 22.9 Å². The Morgan fingerprint density at radius 2 is 2.47 bits per heavy atom. The maximum absolute atomic E-state index is 11.3. The van der Waals surface area contributed by atoms with Crippen molar-refractivity contribution in [2.24, 2.45) is 0 Å². The second kappa shape index (κ2) is 5.46. The van der Waals surface area contributed by atoms with Crippen LogP contribution in [0.1, 0.15) is 6.42 Å². The minimum Gasteiger partial charge on any atom is -0.489 e. The van der Waals surface area contributed by atoms with Gasteiger partial charge >= 0.3 is 5.97 Å². The molecule has 5 nitrogen and oxygen atoms in total. The monoisotopic (exact) mass is 300 g/mol. The van der Waals surface area contributed by atoms with Gasteiger partial charge in [0.2, 0.25) is 0 Å². The van der Waals surface area contributed by atoms with E-state index in [-0.39, 0.29) is 18.1 Å². The Balaban J connectivity index is 1.92. The summed E-state index contributed by atoms with van der Waals surface area (Å²) in [5.41, 5.74) is 0. The highest BCUT2D eigenvalue weighted by molar-refractivity contribution is 9.10. The zero-order valence-electron chi connectivity index (χ0n) is 9.35. The van der Waals surface area contributed by atoms with Crippen LogP contribution in [0, 0.1) is 0 Å². The summed E-state index contributed by atoms with van der Waals surface area (Å²) in [5.74, 6) is 0.496. The number of ether oxygens (including phenoxy) is 2. The molecule has 1 saturated heterocycles. The molecule has 0 saturated carbocycles. The molecule has 1 N–H and O–H groups in total. The molecule has 1 aliphatic heterocycles. The summed E-state index contributed by atoms with van der Waals surface area (Å²) >= 11 is 3.28. The SMILES string of the molecule is COC(=O)[C@@H]1C[C@@H](Oc2ccnc(Br)c2)CN1. The first-order valence-corrected chi connectivity index (χ1v) is 6.08. The van der Waals surface area contributed by atoms with Gasteiger partial charge in [-0.15, -0.1) is 0 Å². The quantitative estimate of drug-likeness (QED) is 0.670. The molecule has 1 aromatic rings. The first-order valence-electron chi connectivity index (χ1n) is 5.28. The zero-order chi connectivity index (χ0) is 12.3. The normalized spacial score (nSPS) is 23.4. The highest BCUT2D eigenvalue weighted by Gasteiger charge is 2.31. The van der Waals surface area contributed by atoms with E-state index in [4.69, 9.17) is 4.74 Å². The molecule has 0 bridgehead atoms. The Kier molecular flexibility index (Phi) is 3.96. The first-order chi connectivity index (χ1) is 8.19. The summed E-state index contributed by atoms with van der Waals surface area (Å²) in [4.78, 5) is 15.3. The largest absolute Gasteiger partial charge is 0.489 e. The first kappa shape index (κ1) is 12.3. The molecular formula is C11H13BrN2O3. The van der Waals surface area contributed by atoms with E-state index in [1.54, 1.807) is 18.3 Å². The van der Waals surface area contributed by atoms with Crippen molar-refractivity contribution in [2.45, 2.75) is 18.6 Å². The number of nitrogens with one attached hydrogen (secondary N) is 1. The average molecular weight is 301 g/mol. The van der Waals surface area contributed by atoms with E-state index in [0.29, 0.717) is 13.0 Å². The number of hydrogen-bond donors (Lipinski definition) is 1. The standard InChI is InChI=1S/C11H13BrN2O3/c1-16-11(15)9-4-8(6-14-9)17-7-2-3-13-10(12)5-7/h2-3,5,8-9,14H,4,6H2,1H3/t8-,9+/m1/s1. The number of rotatable bonds is 3. The van der Waals surface area contributed by atoms with Gasteiger partial charge in [0.25, 0.3) is 0 Å². The van der Waals surface area contributed by atoms with Gasteiger partial charge in [0.15, 0.2) is 0 Å². The number of esters is 1. The highest BCUT2D eigenvalue weighted by atomic mass is 79.9. The summed E-state index contributed by atoms with van der Waals surface area (Å²) in [6.07, 6.45) is 2.26. The fourth-order valence-electron chi connectivity index (χ4n) is 1.77. The molecule has 0 aliphatic carbocycles. The molecule has 0 spiro atoms. The second-order valence-electron chi connectivity index (χ2n) is 3.77. The molecule has 0 amide bonds. The number of nitrogens with zero attached hydrogens (tertiary/aromatic N) is 1. The van der Waals surface area contributed by atoms with E-state index in [9.17, 15) is 4.79 Å². The molecule has 1 aliphatic rings. The molecule has 2 atom stereocenters. The van der Waals surface area contributed by atoms with Gasteiger partial charge in [0.05, 0.1) is 7.11 Å². The van der Waals surface area contributed by atoms with Crippen LogP contribution in [0.5, 0.6) is 5.75 Å². The van der Waals surface area contributed by atoms with Gasteiger partial charge in [-0.3, -0.25) is 4.79 Å². The molecule has 92 valence electrons. The number of methoxy groups -OCH3 is 1. The minimum absolute atomic E-state index is 0.0200. The topological polar surface area (TPSA) is 60.5 Å². The van der Waals surface area contributed by atoms with Crippen molar-refractivity contribution < 1.29 is 14.3 Å². The van der Waals surface area contributed by atoms with E-state index in [1.165, 1.54) is 7.11 Å². The molecule has 17 heavy (non-hydrogen) atoms. The summed E-state index contributed by atoms with van der Waals surface area (Å²) in [6.45, 7) is 0.639. The second-order valence-corrected chi connectivity index (χ2v) is 4.59. The Bertz CT molecular complexity index is 413. The third-order valence-electron chi connectivity index (χ3n) is 2.58. The van der Waals surface area contributed by atoms with Crippen LogP contribution in [0.2, 0.25) is 0 Å². The maximum Gasteiger partial charge on any atom is 0.323 e. The van der Waals surface area contributed by atoms with Gasteiger partial charge in [-0.2, -0.15) is 0 Å². The Hall–Kier alpha value is -1.14. The number of carbonyl (C=O) groups excluding carboxylic acids is 1. The van der Waals surface area contributed by atoms with Crippen molar-refractivity contribution in [3.63, 3.8) is 0 Å². The van der Waals surface area contributed by atoms with E-state index in [1.807, 2.05) is 0 Å². The molecular weight excluding hydrogens is 288 g/mol. The van der Waals surface area contributed by atoms with E-state index >= 15 is 0 Å². The molecule has 1 fully saturated rings. The fourth-order valence-corrected chi connectivity index (χ4v) is 2.11. The number of aromatic nitrogens is 1. The van der Waals surface area contributed by atoms with Gasteiger partial charge in [0, 0.05) is 25.2 Å². The van der Waals surface area contributed by atoms with Crippen LogP contribution >= 0.6 is 15.9 Å². The number of carbonyl (C=O) groups is 1. The van der Waals surface area contributed by atoms with Crippen LogP contribution in [0.3, 0.4) is 0 Å². The maximum atomic E-state index is 11.3. The van der Waals surface area contributed by atoms with Crippen LogP contribution in [0.4, 0.5) is 0 Å². The lowest BCUT2D eigenvalue weighted by Crippen LogP contribution is -2.31. The van der Waals surface area contributed by atoms with Gasteiger partial charge in [-0.05, 0) is 22.0 Å². The van der Waals surface area contributed by atoms with Crippen LogP contribution in [-0.2, 0) is 9.53 Å². The lowest BCUT2D eigenvalue weighted by atomic mass is 10.2. The van der Waals surface area contributed by atoms with E-state index < -0.39 is 0 Å². The van der Waals surface area contributed by atoms with Gasteiger partial charge < -0.3 is 14.8 Å². The van der Waals surface area contributed by atoms with Gasteiger partial charge in [0.1, 0.15) is 22.5 Å². The van der Waals surface area contributed by atoms with Crippen LogP contribution in [0.15, 0.2) is 22.9 Å². The van der Waals surface area contributed by atoms with E-state index in [0.717, 1.165) is 10.4 Å². The van der Waals surface area contributed by atoms with Crippen LogP contribution in [0.25, 0.3) is 0 Å². The highest BCUT2D eigenvalue weighted by Crippen LogP contribution is 2.20. The van der Waals surface area contributed by atoms with Crippen molar-refractivity contribution in [2.75, 3.05) is 13.7 Å². The third-order valence-corrected chi connectivity index (χ3v) is 3.01. The smallest absolute Gasteiger partial charge is 0.323 e. The molecule has 0 radical (unpaired) electrons. The molecule has 2 heterocycles. The van der Waals surface area contributed by atoms with Crippen molar-refractivity contribution in [1.29, 1.82) is 0 Å². The Labute approximate surface area is 108 Å². The van der Waals surface area contributed by atoms with Crippen molar-refractivity contribution in [1.82, 2.24) is 10.3 Å². The van der Waals surface area contributed by atoms with Crippen molar-refractivity contribution >= 4 is 21.9 Å². The Morgan fingerprint density at radius 1 is 1.65 bits per heavy atom. The predicted molar refractivity (Wildman–Crippen MR) is 64.8 cm³/mol. The van der Waals surface area contributed by atoms with Crippen LogP contribution in [-0.4, -0.2) is 36.8 Å². The molecule has 0 aromatic carbocycles. The number of halogens is 1. The minimum atomic E-state index is -0.268.